The zero-order valence-electron chi connectivity index (χ0n) is 29.9. The van der Waals surface area contributed by atoms with Gasteiger partial charge in [0.25, 0.3) is 0 Å². The van der Waals surface area contributed by atoms with Crippen molar-refractivity contribution in [2.75, 3.05) is 6.61 Å². The third-order valence-corrected chi connectivity index (χ3v) is 9.27. The first-order valence-electron chi connectivity index (χ1n) is 19.9. The van der Waals surface area contributed by atoms with Gasteiger partial charge < -0.3 is 15.5 Å². The smallest absolute Gasteiger partial charge is 0.220 e. The third kappa shape index (κ3) is 32.5. The minimum atomic E-state index is -0.832. The topological polar surface area (TPSA) is 69.6 Å². The second-order valence-corrected chi connectivity index (χ2v) is 13.7. The van der Waals surface area contributed by atoms with Crippen LogP contribution in [0, 0.1) is 0 Å². The quantitative estimate of drug-likeness (QED) is 0.0481. The molecule has 0 heterocycles. The predicted molar refractivity (Wildman–Crippen MR) is 193 cm³/mol. The molecule has 0 rings (SSSR count). The summed E-state index contributed by atoms with van der Waals surface area (Å²) in [5.41, 5.74) is 0. The van der Waals surface area contributed by atoms with Crippen LogP contribution in [0.1, 0.15) is 219 Å². The van der Waals surface area contributed by atoms with Crippen LogP contribution in [0.2, 0.25) is 0 Å². The number of aliphatic hydroxyl groups is 2. The first-order chi connectivity index (χ1) is 21.7. The number of aliphatic hydroxyl groups excluding tert-OH is 2. The van der Waals surface area contributed by atoms with Crippen molar-refractivity contribution in [1.82, 2.24) is 5.32 Å². The number of hydrogen-bond acceptors (Lipinski definition) is 3. The summed E-state index contributed by atoms with van der Waals surface area (Å²) in [5, 5.41) is 22.9. The van der Waals surface area contributed by atoms with E-state index in [-0.39, 0.29) is 12.5 Å². The van der Waals surface area contributed by atoms with Gasteiger partial charge in [0.05, 0.1) is 18.8 Å². The summed E-state index contributed by atoms with van der Waals surface area (Å²) in [6.45, 7) is 4.31. The summed E-state index contributed by atoms with van der Waals surface area (Å²) in [5.74, 6) is -0.0623. The fourth-order valence-electron chi connectivity index (χ4n) is 6.18. The van der Waals surface area contributed by atoms with Crippen molar-refractivity contribution >= 4 is 5.91 Å². The molecule has 0 saturated heterocycles. The van der Waals surface area contributed by atoms with Crippen molar-refractivity contribution in [3.63, 3.8) is 0 Å². The molecule has 0 aromatic rings. The number of carbonyl (C=O) groups is 1. The van der Waals surface area contributed by atoms with Crippen molar-refractivity contribution in [2.45, 2.75) is 231 Å². The molecule has 0 radical (unpaired) electrons. The van der Waals surface area contributed by atoms with Crippen LogP contribution in [0.5, 0.6) is 0 Å². The fourth-order valence-corrected chi connectivity index (χ4v) is 6.18. The molecule has 0 spiro atoms. The Labute approximate surface area is 276 Å². The highest BCUT2D eigenvalue weighted by Gasteiger charge is 2.17. The second kappa shape index (κ2) is 36.6. The summed E-state index contributed by atoms with van der Waals surface area (Å²) < 4.78 is 0. The van der Waals surface area contributed by atoms with Gasteiger partial charge in [-0.15, -0.1) is 0 Å². The third-order valence-electron chi connectivity index (χ3n) is 9.27. The van der Waals surface area contributed by atoms with E-state index in [2.05, 4.69) is 19.2 Å². The van der Waals surface area contributed by atoms with Crippen LogP contribution in [0.15, 0.2) is 12.2 Å². The predicted octanol–water partition coefficient (Wildman–Crippen LogP) is 11.9. The van der Waals surface area contributed by atoms with Crippen LogP contribution < -0.4 is 5.32 Å². The summed E-state index contributed by atoms with van der Waals surface area (Å²) in [6, 6.07) is -0.615. The van der Waals surface area contributed by atoms with E-state index in [4.69, 9.17) is 0 Å². The van der Waals surface area contributed by atoms with E-state index in [1.807, 2.05) is 6.08 Å². The maximum absolute atomic E-state index is 12.3. The zero-order valence-corrected chi connectivity index (χ0v) is 29.9. The number of unbranched alkanes of at least 4 members (excludes halogenated alkanes) is 29. The molecule has 2 atom stereocenters. The molecule has 4 nitrogen and oxygen atoms in total. The number of amides is 1. The average molecular weight is 622 g/mol. The van der Waals surface area contributed by atoms with E-state index < -0.39 is 12.1 Å². The minimum Gasteiger partial charge on any atom is -0.394 e. The monoisotopic (exact) mass is 622 g/mol. The van der Waals surface area contributed by atoms with Gasteiger partial charge in [-0.2, -0.15) is 0 Å². The molecule has 262 valence electrons. The Bertz CT molecular complexity index is 593. The molecular formula is C40H79NO3. The molecule has 3 N–H and O–H groups in total. The van der Waals surface area contributed by atoms with Gasteiger partial charge in [0.1, 0.15) is 0 Å². The van der Waals surface area contributed by atoms with Gasteiger partial charge in [0, 0.05) is 6.42 Å². The van der Waals surface area contributed by atoms with E-state index in [1.165, 1.54) is 173 Å². The van der Waals surface area contributed by atoms with Gasteiger partial charge in [0.2, 0.25) is 5.91 Å². The molecule has 44 heavy (non-hydrogen) atoms. The Kier molecular flexibility index (Phi) is 35.9. The average Bonchev–Trinajstić information content (AvgIpc) is 3.03. The van der Waals surface area contributed by atoms with E-state index in [9.17, 15) is 15.0 Å². The molecular weight excluding hydrogens is 542 g/mol. The summed E-state index contributed by atoms with van der Waals surface area (Å²) in [6.07, 6.45) is 44.5. The number of nitrogens with one attached hydrogen (secondary N) is 1. The highest BCUT2D eigenvalue weighted by Crippen LogP contribution is 2.15. The first-order valence-corrected chi connectivity index (χ1v) is 19.9. The Morgan fingerprint density at radius 2 is 0.841 bits per heavy atom. The molecule has 2 unspecified atom stereocenters. The van der Waals surface area contributed by atoms with Gasteiger partial charge >= 0.3 is 0 Å². The molecule has 0 aromatic heterocycles. The van der Waals surface area contributed by atoms with Crippen LogP contribution in [0.3, 0.4) is 0 Å². The standard InChI is InChI=1S/C40H79NO3/c1-3-5-7-9-11-13-15-17-18-19-20-21-22-24-25-27-29-31-33-35-39(43)38(37-42)41-40(44)36-34-32-30-28-26-23-16-14-12-10-8-6-4-2/h33,35,38-39,42-43H,3-32,34,36-37H2,1-2H3,(H,41,44)/b35-33+. The summed E-state index contributed by atoms with van der Waals surface area (Å²) in [7, 11) is 0. The molecule has 0 bridgehead atoms. The SMILES string of the molecule is CCCCCCCCCCCCCCCCCCC/C=C/C(O)C(CO)NC(=O)CCCCCCCCCCCCCCC. The van der Waals surface area contributed by atoms with E-state index >= 15 is 0 Å². The van der Waals surface area contributed by atoms with E-state index in [0.29, 0.717) is 6.42 Å². The number of carbonyl (C=O) groups excluding carboxylic acids is 1. The molecule has 1 amide bonds. The first kappa shape index (κ1) is 43.1. The van der Waals surface area contributed by atoms with Crippen LogP contribution >= 0.6 is 0 Å². The van der Waals surface area contributed by atoms with Crippen LogP contribution in [-0.2, 0) is 4.79 Å². The largest absolute Gasteiger partial charge is 0.394 e. The molecule has 0 aliphatic carbocycles. The van der Waals surface area contributed by atoms with Gasteiger partial charge in [0.15, 0.2) is 0 Å². The molecule has 4 heteroatoms. The number of allylic oxidation sites excluding steroid dienone is 1. The van der Waals surface area contributed by atoms with E-state index in [1.54, 1.807) is 6.08 Å². The van der Waals surface area contributed by atoms with Crippen molar-refractivity contribution in [3.05, 3.63) is 12.2 Å². The lowest BCUT2D eigenvalue weighted by molar-refractivity contribution is -0.123. The lowest BCUT2D eigenvalue weighted by Crippen LogP contribution is -2.45. The van der Waals surface area contributed by atoms with Crippen LogP contribution in [-0.4, -0.2) is 34.9 Å². The van der Waals surface area contributed by atoms with Gasteiger partial charge in [-0.3, -0.25) is 4.79 Å². The molecule has 0 aromatic carbocycles. The highest BCUT2D eigenvalue weighted by atomic mass is 16.3. The normalized spacial score (nSPS) is 13.1. The fraction of sp³-hybridized carbons (Fsp3) is 0.925. The Morgan fingerprint density at radius 1 is 0.523 bits per heavy atom. The van der Waals surface area contributed by atoms with Crippen LogP contribution in [0.25, 0.3) is 0 Å². The van der Waals surface area contributed by atoms with Crippen LogP contribution in [0.4, 0.5) is 0 Å². The van der Waals surface area contributed by atoms with Gasteiger partial charge in [-0.1, -0.05) is 206 Å². The van der Waals surface area contributed by atoms with E-state index in [0.717, 1.165) is 25.7 Å². The Hall–Kier alpha value is -0.870. The van der Waals surface area contributed by atoms with Crippen molar-refractivity contribution in [1.29, 1.82) is 0 Å². The minimum absolute atomic E-state index is 0.0623. The molecule has 0 aliphatic rings. The van der Waals surface area contributed by atoms with Crippen molar-refractivity contribution in [3.8, 4) is 0 Å². The van der Waals surface area contributed by atoms with Gasteiger partial charge in [-0.25, -0.2) is 0 Å². The maximum atomic E-state index is 12.3. The molecule has 0 saturated carbocycles. The summed E-state index contributed by atoms with van der Waals surface area (Å²) >= 11 is 0. The zero-order chi connectivity index (χ0) is 32.2. The Morgan fingerprint density at radius 3 is 1.18 bits per heavy atom. The number of rotatable bonds is 36. The highest BCUT2D eigenvalue weighted by molar-refractivity contribution is 5.76. The second-order valence-electron chi connectivity index (χ2n) is 13.7. The maximum Gasteiger partial charge on any atom is 0.220 e. The van der Waals surface area contributed by atoms with Gasteiger partial charge in [-0.05, 0) is 19.3 Å². The van der Waals surface area contributed by atoms with Crippen molar-refractivity contribution in [2.24, 2.45) is 0 Å². The number of hydrogen-bond donors (Lipinski definition) is 3. The lowest BCUT2D eigenvalue weighted by atomic mass is 10.0. The lowest BCUT2D eigenvalue weighted by Gasteiger charge is -2.20. The molecule has 0 fully saturated rings. The summed E-state index contributed by atoms with van der Waals surface area (Å²) in [4.78, 5) is 12.3. The molecule has 0 aliphatic heterocycles. The van der Waals surface area contributed by atoms with Crippen molar-refractivity contribution < 1.29 is 15.0 Å². The Balaban J connectivity index is 3.56.